The van der Waals surface area contributed by atoms with E-state index in [9.17, 15) is 13.2 Å². The molecule has 1 aliphatic heterocycles. The quantitative estimate of drug-likeness (QED) is 0.775. The molecule has 1 fully saturated rings. The van der Waals surface area contributed by atoms with Gasteiger partial charge in [0.25, 0.3) is 0 Å². The summed E-state index contributed by atoms with van der Waals surface area (Å²) >= 11 is 0. The van der Waals surface area contributed by atoms with Gasteiger partial charge >= 0.3 is 0 Å². The molecular weight excluding hydrogens is 410 g/mol. The topological polar surface area (TPSA) is 69.7 Å². The van der Waals surface area contributed by atoms with Crippen LogP contribution in [-0.4, -0.2) is 56.3 Å². The van der Waals surface area contributed by atoms with E-state index in [1.54, 1.807) is 6.07 Å². The maximum absolute atomic E-state index is 13.1. The van der Waals surface area contributed by atoms with Crippen LogP contribution in [0, 0.1) is 13.8 Å². The van der Waals surface area contributed by atoms with Crippen molar-refractivity contribution in [1.29, 1.82) is 0 Å². The molecule has 1 aliphatic carbocycles. The molecule has 31 heavy (non-hydrogen) atoms. The minimum atomic E-state index is -3.51. The van der Waals surface area contributed by atoms with Crippen molar-refractivity contribution in [1.82, 2.24) is 14.5 Å². The average molecular weight is 442 g/mol. The molecule has 0 saturated carbocycles. The molecule has 7 heteroatoms. The third-order valence-corrected chi connectivity index (χ3v) is 8.41. The van der Waals surface area contributed by atoms with Crippen LogP contribution in [-0.2, 0) is 21.2 Å². The van der Waals surface area contributed by atoms with Gasteiger partial charge in [0.2, 0.25) is 15.9 Å². The fourth-order valence-corrected chi connectivity index (χ4v) is 6.33. The molecule has 1 saturated heterocycles. The molecule has 2 aliphatic rings. The van der Waals surface area contributed by atoms with E-state index >= 15 is 0 Å². The van der Waals surface area contributed by atoms with E-state index in [1.165, 1.54) is 15.4 Å². The number of nitrogens with zero attached hydrogens (tertiary/aromatic N) is 2. The summed E-state index contributed by atoms with van der Waals surface area (Å²) in [6.07, 6.45) is 3.11. The van der Waals surface area contributed by atoms with Crippen LogP contribution in [0.4, 0.5) is 0 Å². The number of hydrogen-bond acceptors (Lipinski definition) is 4. The molecule has 4 rings (SSSR count). The Morgan fingerprint density at radius 1 is 1.06 bits per heavy atom. The van der Waals surface area contributed by atoms with Gasteiger partial charge in [-0.25, -0.2) is 8.42 Å². The minimum Gasteiger partial charge on any atom is -0.348 e. The predicted octanol–water partition coefficient (Wildman–Crippen LogP) is 2.80. The number of fused-ring (bicyclic) bond motifs is 1. The van der Waals surface area contributed by atoms with Crippen LogP contribution in [0.15, 0.2) is 47.4 Å². The van der Waals surface area contributed by atoms with Crippen molar-refractivity contribution < 1.29 is 13.2 Å². The minimum absolute atomic E-state index is 0.00684. The summed E-state index contributed by atoms with van der Waals surface area (Å²) in [6.45, 7) is 6.00. The SMILES string of the molecule is Cc1ccc(S(=O)(=O)N2CCN(CC(=O)N[C@H]3CCCc4ccccc43)CC2)c(C)c1. The summed E-state index contributed by atoms with van der Waals surface area (Å²) in [7, 11) is -3.51. The lowest BCUT2D eigenvalue weighted by atomic mass is 9.88. The molecule has 166 valence electrons. The maximum atomic E-state index is 13.1. The molecule has 1 heterocycles. The lowest BCUT2D eigenvalue weighted by molar-refractivity contribution is -0.123. The Morgan fingerprint density at radius 3 is 2.55 bits per heavy atom. The Labute approximate surface area is 185 Å². The van der Waals surface area contributed by atoms with Gasteiger partial charge in [0.05, 0.1) is 17.5 Å². The van der Waals surface area contributed by atoms with Gasteiger partial charge in [0.15, 0.2) is 0 Å². The first-order valence-corrected chi connectivity index (χ1v) is 12.5. The van der Waals surface area contributed by atoms with E-state index in [0.29, 0.717) is 37.6 Å². The van der Waals surface area contributed by atoms with Crippen molar-refractivity contribution in [2.75, 3.05) is 32.7 Å². The largest absolute Gasteiger partial charge is 0.348 e. The van der Waals surface area contributed by atoms with Crippen molar-refractivity contribution in [3.05, 3.63) is 64.7 Å². The molecule has 1 N–H and O–H groups in total. The first kappa shape index (κ1) is 22.0. The highest BCUT2D eigenvalue weighted by Crippen LogP contribution is 2.29. The standard InChI is InChI=1S/C24H31N3O3S/c1-18-10-11-23(19(2)16-18)31(29,30)27-14-12-26(13-15-27)17-24(28)25-22-9-5-7-20-6-3-4-8-21(20)22/h3-4,6,8,10-11,16,22H,5,7,9,12-15,17H2,1-2H3,(H,25,28)/t22-/m0/s1. The second-order valence-electron chi connectivity index (χ2n) is 8.66. The summed E-state index contributed by atoms with van der Waals surface area (Å²) in [6, 6.07) is 13.8. The highest BCUT2D eigenvalue weighted by Gasteiger charge is 2.30. The van der Waals surface area contributed by atoms with Crippen molar-refractivity contribution in [3.8, 4) is 0 Å². The van der Waals surface area contributed by atoms with E-state index in [0.717, 1.165) is 30.4 Å². The fraction of sp³-hybridized carbons (Fsp3) is 0.458. The number of aryl methyl sites for hydroxylation is 3. The normalized spacial score (nSPS) is 20.3. The third kappa shape index (κ3) is 4.84. The molecule has 0 spiro atoms. The Morgan fingerprint density at radius 2 is 1.81 bits per heavy atom. The maximum Gasteiger partial charge on any atom is 0.243 e. The van der Waals surface area contributed by atoms with E-state index in [4.69, 9.17) is 0 Å². The molecule has 2 aromatic rings. The van der Waals surface area contributed by atoms with Crippen LogP contribution in [0.3, 0.4) is 0 Å². The zero-order valence-electron chi connectivity index (χ0n) is 18.3. The molecular formula is C24H31N3O3S. The Hall–Kier alpha value is -2.22. The number of carbonyl (C=O) groups excluding carboxylic acids is 1. The molecule has 0 radical (unpaired) electrons. The van der Waals surface area contributed by atoms with Crippen molar-refractivity contribution in [3.63, 3.8) is 0 Å². The summed E-state index contributed by atoms with van der Waals surface area (Å²) in [5.74, 6) is 0.00684. The first-order valence-electron chi connectivity index (χ1n) is 11.0. The van der Waals surface area contributed by atoms with E-state index in [2.05, 4.69) is 23.5 Å². The van der Waals surface area contributed by atoms with Gasteiger partial charge in [-0.3, -0.25) is 9.69 Å². The molecule has 0 bridgehead atoms. The van der Waals surface area contributed by atoms with Gasteiger partial charge in [-0.2, -0.15) is 4.31 Å². The van der Waals surface area contributed by atoms with Gasteiger partial charge in [0, 0.05) is 26.2 Å². The van der Waals surface area contributed by atoms with Gasteiger partial charge in [-0.1, -0.05) is 42.0 Å². The van der Waals surface area contributed by atoms with Crippen molar-refractivity contribution in [2.24, 2.45) is 0 Å². The number of piperazine rings is 1. The second-order valence-corrected chi connectivity index (χ2v) is 10.6. The fourth-order valence-electron chi connectivity index (χ4n) is 4.70. The van der Waals surface area contributed by atoms with Crippen molar-refractivity contribution in [2.45, 2.75) is 44.0 Å². The number of amides is 1. The Kier molecular flexibility index (Phi) is 6.46. The van der Waals surface area contributed by atoms with Crippen LogP contribution in [0.5, 0.6) is 0 Å². The zero-order valence-corrected chi connectivity index (χ0v) is 19.1. The lowest BCUT2D eigenvalue weighted by Crippen LogP contribution is -2.51. The van der Waals surface area contributed by atoms with Crippen LogP contribution < -0.4 is 5.32 Å². The van der Waals surface area contributed by atoms with E-state index in [1.807, 2.05) is 36.9 Å². The summed E-state index contributed by atoms with van der Waals surface area (Å²) in [5, 5.41) is 3.19. The van der Waals surface area contributed by atoms with Gasteiger partial charge in [-0.05, 0) is 55.9 Å². The molecule has 1 atom stereocenters. The number of sulfonamides is 1. The van der Waals surface area contributed by atoms with Crippen LogP contribution >= 0.6 is 0 Å². The smallest absolute Gasteiger partial charge is 0.243 e. The summed E-state index contributed by atoms with van der Waals surface area (Å²) < 4.78 is 27.6. The highest BCUT2D eigenvalue weighted by molar-refractivity contribution is 7.89. The number of hydrogen-bond donors (Lipinski definition) is 1. The van der Waals surface area contributed by atoms with Gasteiger partial charge in [-0.15, -0.1) is 0 Å². The van der Waals surface area contributed by atoms with Crippen molar-refractivity contribution >= 4 is 15.9 Å². The number of rotatable bonds is 5. The Balaban J connectivity index is 1.33. The summed E-state index contributed by atoms with van der Waals surface area (Å²) in [5.41, 5.74) is 4.37. The molecule has 1 amide bonds. The van der Waals surface area contributed by atoms with E-state index in [-0.39, 0.29) is 11.9 Å². The average Bonchev–Trinajstić information content (AvgIpc) is 2.74. The number of carbonyl (C=O) groups is 1. The number of benzene rings is 2. The monoisotopic (exact) mass is 441 g/mol. The highest BCUT2D eigenvalue weighted by atomic mass is 32.2. The molecule has 0 aromatic heterocycles. The van der Waals surface area contributed by atoms with Gasteiger partial charge < -0.3 is 5.32 Å². The lowest BCUT2D eigenvalue weighted by Gasteiger charge is -2.34. The third-order valence-electron chi connectivity index (χ3n) is 6.35. The summed E-state index contributed by atoms with van der Waals surface area (Å²) in [4.78, 5) is 15.1. The molecule has 0 unspecified atom stereocenters. The number of nitrogens with one attached hydrogen (secondary N) is 1. The van der Waals surface area contributed by atoms with Crippen LogP contribution in [0.2, 0.25) is 0 Å². The van der Waals surface area contributed by atoms with E-state index < -0.39 is 10.0 Å². The second kappa shape index (κ2) is 9.10. The molecule has 2 aromatic carbocycles. The molecule has 6 nitrogen and oxygen atoms in total. The van der Waals surface area contributed by atoms with Crippen LogP contribution in [0.1, 0.15) is 41.1 Å². The van der Waals surface area contributed by atoms with Crippen LogP contribution in [0.25, 0.3) is 0 Å². The predicted molar refractivity (Wildman–Crippen MR) is 121 cm³/mol. The zero-order chi connectivity index (χ0) is 22.0. The van der Waals surface area contributed by atoms with Gasteiger partial charge in [0.1, 0.15) is 0 Å². The Bertz CT molecular complexity index is 1060. The first-order chi connectivity index (χ1) is 14.8.